The second-order valence-corrected chi connectivity index (χ2v) is 11.1. The number of aromatic nitrogens is 1. The number of hydrogen-bond acceptors (Lipinski definition) is 6. The van der Waals surface area contributed by atoms with Crippen molar-refractivity contribution in [2.75, 3.05) is 18.0 Å². The number of carbonyl (C=O) groups is 1. The number of pyridine rings is 1. The number of hydrogen-bond donors (Lipinski definition) is 0. The summed E-state index contributed by atoms with van der Waals surface area (Å²) >= 11 is 13.1. The molecule has 2 aliphatic heterocycles. The summed E-state index contributed by atoms with van der Waals surface area (Å²) in [6.07, 6.45) is 6.97. The van der Waals surface area contributed by atoms with E-state index in [4.69, 9.17) is 23.8 Å². The van der Waals surface area contributed by atoms with E-state index in [2.05, 4.69) is 11.0 Å². The molecule has 0 radical (unpaired) electrons. The molecule has 0 bridgehead atoms. The van der Waals surface area contributed by atoms with Gasteiger partial charge in [-0.3, -0.25) is 19.1 Å². The molecule has 6 nitrogen and oxygen atoms in total. The van der Waals surface area contributed by atoms with E-state index in [1.54, 1.807) is 22.5 Å². The molecule has 2 aromatic rings. The molecule has 0 unspecified atom stereocenters. The quantitative estimate of drug-likeness (QED) is 0.337. The molecule has 3 heterocycles. The molecule has 0 N–H and O–H groups in total. The van der Waals surface area contributed by atoms with Crippen molar-refractivity contribution in [1.29, 1.82) is 5.26 Å². The normalized spacial score (nSPS) is 17.6. The van der Waals surface area contributed by atoms with Gasteiger partial charge in [0.25, 0.3) is 11.5 Å². The smallest absolute Gasteiger partial charge is 0.270 e. The highest BCUT2D eigenvalue weighted by molar-refractivity contribution is 8.26. The highest BCUT2D eigenvalue weighted by Gasteiger charge is 2.33. The van der Waals surface area contributed by atoms with E-state index in [0.717, 1.165) is 62.1 Å². The largest absolute Gasteiger partial charge is 0.357 e. The maximum Gasteiger partial charge on any atom is 0.270 e. The summed E-state index contributed by atoms with van der Waals surface area (Å²) in [7, 11) is 0. The van der Waals surface area contributed by atoms with Gasteiger partial charge in [0.15, 0.2) is 0 Å². The summed E-state index contributed by atoms with van der Waals surface area (Å²) in [5.41, 5.74) is 2.03. The molecule has 0 atom stereocenters. The first-order chi connectivity index (χ1) is 17.4. The Bertz CT molecular complexity index is 1320. The lowest BCUT2D eigenvalue weighted by atomic mass is 10.0. The Morgan fingerprint density at radius 3 is 2.50 bits per heavy atom. The fourth-order valence-corrected chi connectivity index (χ4v) is 6.20. The highest BCUT2D eigenvalue weighted by atomic mass is 35.5. The first kappa shape index (κ1) is 26.5. The molecule has 0 aliphatic carbocycles. The van der Waals surface area contributed by atoms with Crippen LogP contribution in [0.5, 0.6) is 0 Å². The molecular formula is C27H29ClN4O2S2. The van der Waals surface area contributed by atoms with E-state index in [-0.39, 0.29) is 17.0 Å². The molecule has 2 fully saturated rings. The average molecular weight is 541 g/mol. The van der Waals surface area contributed by atoms with Gasteiger partial charge >= 0.3 is 0 Å². The number of benzene rings is 1. The van der Waals surface area contributed by atoms with Crippen LogP contribution in [0.3, 0.4) is 0 Å². The van der Waals surface area contributed by atoms with Crippen LogP contribution in [0.4, 0.5) is 5.82 Å². The fraction of sp³-hybridized carbons (Fsp3) is 0.407. The number of anilines is 1. The Hall–Kier alpha value is -2.60. The summed E-state index contributed by atoms with van der Waals surface area (Å²) in [5.74, 6) is 0.606. The van der Waals surface area contributed by atoms with Crippen LogP contribution < -0.4 is 10.5 Å². The number of thioether (sulfide) groups is 1. The third-order valence-electron chi connectivity index (χ3n) is 6.63. The minimum atomic E-state index is -0.264. The van der Waals surface area contributed by atoms with Crippen LogP contribution >= 0.6 is 35.6 Å². The lowest BCUT2D eigenvalue weighted by molar-refractivity contribution is -0.122. The van der Waals surface area contributed by atoms with Crippen molar-refractivity contribution in [1.82, 2.24) is 9.47 Å². The predicted octanol–water partition coefficient (Wildman–Crippen LogP) is 5.87. The maximum atomic E-state index is 13.5. The number of amides is 1. The fourth-order valence-electron chi connectivity index (χ4n) is 4.76. The van der Waals surface area contributed by atoms with Crippen molar-refractivity contribution in [2.24, 2.45) is 0 Å². The zero-order chi connectivity index (χ0) is 25.8. The van der Waals surface area contributed by atoms with Crippen molar-refractivity contribution in [3.8, 4) is 6.07 Å². The van der Waals surface area contributed by atoms with Gasteiger partial charge < -0.3 is 4.90 Å². The van der Waals surface area contributed by atoms with Crippen molar-refractivity contribution < 1.29 is 4.79 Å². The topological polar surface area (TPSA) is 69.3 Å². The van der Waals surface area contributed by atoms with E-state index < -0.39 is 0 Å². The van der Waals surface area contributed by atoms with Gasteiger partial charge in [0.2, 0.25) is 0 Å². The number of thiocarbonyl (C=S) groups is 1. The van der Waals surface area contributed by atoms with Crippen LogP contribution in [0.15, 0.2) is 34.0 Å². The van der Waals surface area contributed by atoms with E-state index in [1.807, 2.05) is 31.2 Å². The van der Waals surface area contributed by atoms with E-state index in [0.29, 0.717) is 32.9 Å². The second-order valence-electron chi connectivity index (χ2n) is 9.07. The number of nitrogens with zero attached hydrogens (tertiary/aromatic N) is 4. The van der Waals surface area contributed by atoms with Crippen LogP contribution in [-0.4, -0.2) is 32.8 Å². The van der Waals surface area contributed by atoms with Crippen LogP contribution in [-0.2, 0) is 17.9 Å². The van der Waals surface area contributed by atoms with Crippen molar-refractivity contribution >= 4 is 57.7 Å². The molecule has 9 heteroatoms. The van der Waals surface area contributed by atoms with Crippen LogP contribution in [0.25, 0.3) is 6.08 Å². The monoisotopic (exact) mass is 540 g/mol. The minimum Gasteiger partial charge on any atom is -0.357 e. The van der Waals surface area contributed by atoms with Gasteiger partial charge in [-0.05, 0) is 49.5 Å². The van der Waals surface area contributed by atoms with Gasteiger partial charge in [-0.1, -0.05) is 73.5 Å². The lowest BCUT2D eigenvalue weighted by Gasteiger charge is -2.29. The molecule has 2 aliphatic rings. The molecule has 36 heavy (non-hydrogen) atoms. The van der Waals surface area contributed by atoms with Gasteiger partial charge in [0.1, 0.15) is 21.8 Å². The Kier molecular flexibility index (Phi) is 8.55. The average Bonchev–Trinajstić information content (AvgIpc) is 3.03. The molecule has 1 aromatic carbocycles. The Morgan fingerprint density at radius 1 is 1.17 bits per heavy atom. The van der Waals surface area contributed by atoms with Crippen molar-refractivity contribution in [2.45, 2.75) is 59.0 Å². The van der Waals surface area contributed by atoms with Crippen LogP contribution in [0.2, 0.25) is 5.02 Å². The van der Waals surface area contributed by atoms with E-state index in [1.165, 1.54) is 11.8 Å². The van der Waals surface area contributed by atoms with E-state index in [9.17, 15) is 14.9 Å². The van der Waals surface area contributed by atoms with Crippen molar-refractivity contribution in [3.05, 3.63) is 66.8 Å². The molecule has 2 saturated heterocycles. The third-order valence-corrected chi connectivity index (χ3v) is 8.38. The molecule has 1 aromatic heterocycles. The highest BCUT2D eigenvalue weighted by Crippen LogP contribution is 2.37. The first-order valence-corrected chi connectivity index (χ1v) is 13.9. The Labute approximate surface area is 226 Å². The first-order valence-electron chi connectivity index (χ1n) is 12.3. The van der Waals surface area contributed by atoms with Gasteiger partial charge in [0.05, 0.1) is 11.4 Å². The van der Waals surface area contributed by atoms with Crippen LogP contribution in [0, 0.1) is 18.3 Å². The molecule has 1 amide bonds. The number of nitriles is 1. The van der Waals surface area contributed by atoms with E-state index >= 15 is 0 Å². The summed E-state index contributed by atoms with van der Waals surface area (Å²) in [6, 6.07) is 9.52. The van der Waals surface area contributed by atoms with Gasteiger partial charge in [0, 0.05) is 30.2 Å². The zero-order valence-corrected chi connectivity index (χ0v) is 22.9. The molecule has 0 saturated carbocycles. The standard InChI is InChI=1S/C27H29ClN4O2S2/c1-3-12-31-24(30-13-8-4-5-9-14-30)20(18(2)21(16-29)25(31)33)15-23-26(34)32(27(35)36-23)17-19-10-6-7-11-22(19)28/h6-7,10-11,15H,3-5,8-9,12-14,17H2,1-2H3/b23-15+. The van der Waals surface area contributed by atoms with Crippen LogP contribution in [0.1, 0.15) is 61.3 Å². The molecule has 4 rings (SSSR count). The second kappa shape index (κ2) is 11.6. The molecule has 0 spiro atoms. The SMILES string of the molecule is CCCn1c(N2CCCCCC2)c(/C=C2/SC(=S)N(Cc3ccccc3Cl)C2=O)c(C)c(C#N)c1=O. The number of halogens is 1. The summed E-state index contributed by atoms with van der Waals surface area (Å²) < 4.78 is 2.19. The summed E-state index contributed by atoms with van der Waals surface area (Å²) in [4.78, 5) is 31.1. The Balaban J connectivity index is 1.83. The molecule has 188 valence electrons. The maximum absolute atomic E-state index is 13.5. The third kappa shape index (κ3) is 5.24. The van der Waals surface area contributed by atoms with Gasteiger partial charge in [-0.15, -0.1) is 0 Å². The summed E-state index contributed by atoms with van der Waals surface area (Å²) in [6.45, 7) is 6.29. The van der Waals surface area contributed by atoms with Gasteiger partial charge in [-0.2, -0.15) is 5.26 Å². The van der Waals surface area contributed by atoms with Crippen molar-refractivity contribution in [3.63, 3.8) is 0 Å². The molecular weight excluding hydrogens is 512 g/mol. The lowest BCUT2D eigenvalue weighted by Crippen LogP contribution is -2.35. The number of carbonyl (C=O) groups excluding carboxylic acids is 1. The zero-order valence-electron chi connectivity index (χ0n) is 20.6. The Morgan fingerprint density at radius 2 is 1.86 bits per heavy atom. The number of rotatable bonds is 6. The van der Waals surface area contributed by atoms with Gasteiger partial charge in [-0.25, -0.2) is 0 Å². The summed E-state index contributed by atoms with van der Waals surface area (Å²) in [5, 5.41) is 10.4. The predicted molar refractivity (Wildman–Crippen MR) is 151 cm³/mol. The minimum absolute atomic E-state index is 0.125.